The standard InChI is InChI=1S/C22H22ClN7O4/c23-14-1-3-16(4-2-14)26-22(33)30-12-17(27-28-24)11-19(30)21(32)25-15-5-7-18(8-6-15)29-9-10-34-13-20(29)31/h1-8,17,19H,9-13H2,(H,25,32)(H,26,33)/t17-,19-/m1/s1. The summed E-state index contributed by atoms with van der Waals surface area (Å²) in [5.41, 5.74) is 10.6. The van der Waals surface area contributed by atoms with Crippen LogP contribution in [0.1, 0.15) is 6.42 Å². The van der Waals surface area contributed by atoms with Crippen LogP contribution in [0.5, 0.6) is 0 Å². The van der Waals surface area contributed by atoms with Gasteiger partial charge in [-0.1, -0.05) is 16.7 Å². The van der Waals surface area contributed by atoms with Crippen LogP contribution < -0.4 is 15.5 Å². The molecule has 2 fully saturated rings. The van der Waals surface area contributed by atoms with Gasteiger partial charge in [-0.2, -0.15) is 0 Å². The van der Waals surface area contributed by atoms with Gasteiger partial charge >= 0.3 is 6.03 Å². The summed E-state index contributed by atoms with van der Waals surface area (Å²) in [7, 11) is 0. The first-order valence-corrected chi connectivity index (χ1v) is 11.0. The summed E-state index contributed by atoms with van der Waals surface area (Å²) in [6.45, 7) is 1.08. The van der Waals surface area contributed by atoms with Crippen molar-refractivity contribution in [1.82, 2.24) is 4.90 Å². The van der Waals surface area contributed by atoms with Crippen molar-refractivity contribution < 1.29 is 19.1 Å². The Kier molecular flexibility index (Phi) is 7.17. The third kappa shape index (κ3) is 5.40. The molecular formula is C22H22ClN7O4. The Labute approximate surface area is 200 Å². The molecule has 2 aromatic rings. The van der Waals surface area contributed by atoms with Gasteiger partial charge in [0, 0.05) is 40.1 Å². The first-order valence-electron chi connectivity index (χ1n) is 10.6. The number of nitrogens with zero attached hydrogens (tertiary/aromatic N) is 5. The number of nitrogens with one attached hydrogen (secondary N) is 2. The molecule has 0 spiro atoms. The second-order valence-electron chi connectivity index (χ2n) is 7.83. The van der Waals surface area contributed by atoms with Gasteiger partial charge in [-0.05, 0) is 60.5 Å². The lowest BCUT2D eigenvalue weighted by Crippen LogP contribution is -2.45. The van der Waals surface area contributed by atoms with E-state index in [-0.39, 0.29) is 25.5 Å². The number of ether oxygens (including phenoxy) is 1. The summed E-state index contributed by atoms with van der Waals surface area (Å²) < 4.78 is 5.14. The second-order valence-corrected chi connectivity index (χ2v) is 8.27. The number of morpholine rings is 1. The molecule has 2 heterocycles. The molecule has 0 aliphatic carbocycles. The first kappa shape index (κ1) is 23.4. The topological polar surface area (TPSA) is 140 Å². The van der Waals surface area contributed by atoms with Crippen LogP contribution in [0.4, 0.5) is 21.9 Å². The monoisotopic (exact) mass is 483 g/mol. The second kappa shape index (κ2) is 10.4. The Bertz CT molecular complexity index is 1120. The van der Waals surface area contributed by atoms with E-state index in [1.165, 1.54) is 4.90 Å². The normalized spacial score (nSPS) is 20.0. The number of carbonyl (C=O) groups excluding carboxylic acids is 3. The number of urea groups is 1. The molecule has 0 aromatic heterocycles. The van der Waals surface area contributed by atoms with Crippen molar-refractivity contribution in [2.45, 2.75) is 18.5 Å². The van der Waals surface area contributed by atoms with Gasteiger partial charge in [0.2, 0.25) is 5.91 Å². The molecule has 2 N–H and O–H groups in total. The Morgan fingerprint density at radius 3 is 2.44 bits per heavy atom. The largest absolute Gasteiger partial charge is 0.370 e. The fourth-order valence-electron chi connectivity index (χ4n) is 3.91. The Balaban J connectivity index is 1.44. The number of halogens is 1. The van der Waals surface area contributed by atoms with Gasteiger partial charge in [-0.15, -0.1) is 0 Å². The number of rotatable bonds is 5. The van der Waals surface area contributed by atoms with Crippen molar-refractivity contribution in [3.8, 4) is 0 Å². The van der Waals surface area contributed by atoms with E-state index in [1.807, 2.05) is 0 Å². The summed E-state index contributed by atoms with van der Waals surface area (Å²) in [5.74, 6) is -0.530. The zero-order valence-electron chi connectivity index (χ0n) is 18.1. The SMILES string of the molecule is [N-]=[N+]=N[C@@H]1C[C@H](C(=O)Nc2ccc(N3CCOCC3=O)cc2)N(C(=O)Nc2ccc(Cl)cc2)C1. The minimum atomic E-state index is -0.830. The smallest absolute Gasteiger partial charge is 0.322 e. The molecule has 0 unspecified atom stereocenters. The van der Waals surface area contributed by atoms with Crippen LogP contribution in [0.3, 0.4) is 0 Å². The maximum Gasteiger partial charge on any atom is 0.322 e. The lowest BCUT2D eigenvalue weighted by atomic mass is 10.1. The van der Waals surface area contributed by atoms with Crippen LogP contribution >= 0.6 is 11.6 Å². The van der Waals surface area contributed by atoms with Crippen LogP contribution in [0, 0.1) is 0 Å². The quantitative estimate of drug-likeness (QED) is 0.380. The van der Waals surface area contributed by atoms with E-state index in [1.54, 1.807) is 53.4 Å². The van der Waals surface area contributed by atoms with Crippen LogP contribution in [-0.4, -0.2) is 61.1 Å². The lowest BCUT2D eigenvalue weighted by Gasteiger charge is -2.27. The van der Waals surface area contributed by atoms with Gasteiger partial charge in [0.25, 0.3) is 5.91 Å². The van der Waals surface area contributed by atoms with Gasteiger partial charge in [-0.25, -0.2) is 4.79 Å². The molecule has 4 rings (SSSR count). The third-order valence-electron chi connectivity index (χ3n) is 5.59. The molecule has 11 nitrogen and oxygen atoms in total. The fourth-order valence-corrected chi connectivity index (χ4v) is 4.04. The fraction of sp³-hybridized carbons (Fsp3) is 0.318. The maximum atomic E-state index is 13.0. The number of benzene rings is 2. The van der Waals surface area contributed by atoms with Gasteiger partial charge < -0.3 is 25.2 Å². The van der Waals surface area contributed by atoms with E-state index in [0.717, 1.165) is 0 Å². The molecule has 2 aliphatic heterocycles. The Morgan fingerprint density at radius 1 is 1.09 bits per heavy atom. The maximum absolute atomic E-state index is 13.0. The molecule has 2 aliphatic rings. The predicted octanol–water partition coefficient (Wildman–Crippen LogP) is 3.63. The number of likely N-dealkylation sites (tertiary alicyclic amines) is 1. The highest BCUT2D eigenvalue weighted by atomic mass is 35.5. The average molecular weight is 484 g/mol. The zero-order valence-corrected chi connectivity index (χ0v) is 18.8. The van der Waals surface area contributed by atoms with E-state index in [4.69, 9.17) is 21.9 Å². The van der Waals surface area contributed by atoms with Gasteiger partial charge in [0.1, 0.15) is 12.6 Å². The van der Waals surface area contributed by atoms with E-state index in [0.29, 0.717) is 35.2 Å². The number of amides is 4. The minimum absolute atomic E-state index is 0.0421. The highest BCUT2D eigenvalue weighted by Gasteiger charge is 2.39. The molecule has 0 radical (unpaired) electrons. The third-order valence-corrected chi connectivity index (χ3v) is 5.84. The number of hydrogen-bond donors (Lipinski definition) is 2. The molecule has 2 aromatic carbocycles. The molecule has 34 heavy (non-hydrogen) atoms. The molecule has 0 saturated carbocycles. The van der Waals surface area contributed by atoms with E-state index >= 15 is 0 Å². The summed E-state index contributed by atoms with van der Waals surface area (Å²) >= 11 is 5.88. The molecule has 2 atom stereocenters. The van der Waals surface area contributed by atoms with Crippen molar-refractivity contribution >= 4 is 46.5 Å². The summed E-state index contributed by atoms with van der Waals surface area (Å²) in [6.07, 6.45) is 0.199. The molecule has 2 saturated heterocycles. The van der Waals surface area contributed by atoms with Crippen molar-refractivity contribution in [3.05, 3.63) is 64.0 Å². The van der Waals surface area contributed by atoms with Crippen molar-refractivity contribution in [1.29, 1.82) is 0 Å². The van der Waals surface area contributed by atoms with E-state index in [9.17, 15) is 14.4 Å². The predicted molar refractivity (Wildman–Crippen MR) is 127 cm³/mol. The summed E-state index contributed by atoms with van der Waals surface area (Å²) in [4.78, 5) is 43.7. The van der Waals surface area contributed by atoms with Gasteiger partial charge in [0.15, 0.2) is 0 Å². The van der Waals surface area contributed by atoms with Crippen LogP contribution in [0.15, 0.2) is 53.6 Å². The Morgan fingerprint density at radius 2 is 1.76 bits per heavy atom. The summed E-state index contributed by atoms with van der Waals surface area (Å²) in [5, 5.41) is 9.77. The number of carbonyl (C=O) groups is 3. The molecule has 4 amide bonds. The lowest BCUT2D eigenvalue weighted by molar-refractivity contribution is -0.125. The zero-order chi connectivity index (χ0) is 24.1. The van der Waals surface area contributed by atoms with Crippen molar-refractivity contribution in [2.75, 3.05) is 41.8 Å². The van der Waals surface area contributed by atoms with Crippen LogP contribution in [0.2, 0.25) is 5.02 Å². The van der Waals surface area contributed by atoms with Gasteiger partial charge in [0.05, 0.1) is 12.6 Å². The minimum Gasteiger partial charge on any atom is -0.370 e. The number of azide groups is 1. The number of hydrogen-bond acceptors (Lipinski definition) is 5. The highest BCUT2D eigenvalue weighted by Crippen LogP contribution is 2.25. The van der Waals surface area contributed by atoms with Crippen LogP contribution in [0.25, 0.3) is 10.4 Å². The highest BCUT2D eigenvalue weighted by molar-refractivity contribution is 6.30. The van der Waals surface area contributed by atoms with E-state index < -0.39 is 24.0 Å². The number of anilines is 3. The molecule has 0 bridgehead atoms. The molecule has 176 valence electrons. The van der Waals surface area contributed by atoms with E-state index in [2.05, 4.69) is 20.7 Å². The molecular weight excluding hydrogens is 462 g/mol. The Hall–Kier alpha value is -3.79. The van der Waals surface area contributed by atoms with Crippen molar-refractivity contribution in [3.63, 3.8) is 0 Å². The van der Waals surface area contributed by atoms with Crippen molar-refractivity contribution in [2.24, 2.45) is 5.11 Å². The summed E-state index contributed by atoms with van der Waals surface area (Å²) in [6, 6.07) is 11.6. The van der Waals surface area contributed by atoms with Crippen LogP contribution in [-0.2, 0) is 14.3 Å². The molecule has 12 heteroatoms. The average Bonchev–Trinajstić information content (AvgIpc) is 3.26. The first-order chi connectivity index (χ1) is 16.4. The van der Waals surface area contributed by atoms with Gasteiger partial charge in [-0.3, -0.25) is 9.59 Å².